The third kappa shape index (κ3) is 14.4. The summed E-state index contributed by atoms with van der Waals surface area (Å²) in [6.07, 6.45) is -1.39. The molecule has 4 aromatic rings. The van der Waals surface area contributed by atoms with Gasteiger partial charge in [0.15, 0.2) is 5.78 Å². The van der Waals surface area contributed by atoms with E-state index < -0.39 is 113 Å². The number of aromatic amines is 2. The first-order valence-electron chi connectivity index (χ1n) is 26.9. The normalized spacial score (nSPS) is 20.2. The van der Waals surface area contributed by atoms with Gasteiger partial charge in [0.2, 0.25) is 11.8 Å². The average molecular weight is 1090 g/mol. The van der Waals surface area contributed by atoms with Crippen LogP contribution in [0.5, 0.6) is 0 Å². The van der Waals surface area contributed by atoms with Gasteiger partial charge in [-0.25, -0.2) is 18.4 Å². The molecule has 4 amide bonds. The monoisotopic (exact) mass is 1090 g/mol. The number of nitrogens with one attached hydrogen (secondary N) is 3. The summed E-state index contributed by atoms with van der Waals surface area (Å²) < 4.78 is 52.8. The van der Waals surface area contributed by atoms with Crippen LogP contribution >= 0.6 is 0 Å². The molecule has 3 heterocycles. The number of carbonyl (C=O) groups is 8. The lowest BCUT2D eigenvalue weighted by Crippen LogP contribution is -2.55. The largest absolute Gasteiger partial charge is 0.463 e. The molecule has 2 aromatic heterocycles. The smallest absolute Gasteiger partial charge is 0.410 e. The summed E-state index contributed by atoms with van der Waals surface area (Å²) in [5.41, 5.74) is 1.53. The number of carbonyl (C=O) groups excluding carboxylic acids is 8. The Bertz CT molecular complexity index is 2730. The van der Waals surface area contributed by atoms with Crippen molar-refractivity contribution in [2.45, 2.75) is 182 Å². The van der Waals surface area contributed by atoms with E-state index in [0.29, 0.717) is 50.7 Å². The summed E-state index contributed by atoms with van der Waals surface area (Å²) in [6, 6.07) is 4.98. The zero-order valence-electron chi connectivity index (χ0n) is 47.5. The molecule has 20 heteroatoms. The molecule has 2 aromatic carbocycles. The van der Waals surface area contributed by atoms with Crippen molar-refractivity contribution in [3.05, 3.63) is 59.2 Å². The fourth-order valence-electron chi connectivity index (χ4n) is 10.8. The quantitative estimate of drug-likeness (QED) is 0.0590. The summed E-state index contributed by atoms with van der Waals surface area (Å²) in [4.78, 5) is 119. The zero-order chi connectivity index (χ0) is 57.9. The number of aromatic nitrogens is 2. The number of ketones is 2. The lowest BCUT2D eigenvalue weighted by molar-refractivity contribution is -0.147. The van der Waals surface area contributed by atoms with Gasteiger partial charge in [-0.15, -0.1) is 0 Å². The summed E-state index contributed by atoms with van der Waals surface area (Å²) in [5, 5.41) is 4.06. The molecule has 1 aliphatic carbocycles. The van der Waals surface area contributed by atoms with Crippen molar-refractivity contribution in [3.63, 3.8) is 0 Å². The van der Waals surface area contributed by atoms with Gasteiger partial charge in [0.25, 0.3) is 0 Å². The number of H-pyrrole nitrogens is 2. The number of likely N-dealkylation sites (N-methyl/N-ethyl adjacent to an activating group) is 2. The number of benzene rings is 2. The first kappa shape index (κ1) is 60.4. The third-order valence-corrected chi connectivity index (χ3v) is 15.0. The number of nitrogens with zero attached hydrogens (tertiary/aromatic N) is 3. The fourth-order valence-corrected chi connectivity index (χ4v) is 10.8. The van der Waals surface area contributed by atoms with Crippen molar-refractivity contribution in [2.24, 2.45) is 17.8 Å². The van der Waals surface area contributed by atoms with Crippen LogP contribution in [0.3, 0.4) is 0 Å². The third-order valence-electron chi connectivity index (χ3n) is 15.0. The van der Waals surface area contributed by atoms with Crippen molar-refractivity contribution in [2.75, 3.05) is 20.6 Å². The molecule has 0 spiro atoms. The maximum absolute atomic E-state index is 15.2. The van der Waals surface area contributed by atoms with Crippen LogP contribution in [-0.2, 0) is 60.6 Å². The maximum atomic E-state index is 15.2. The summed E-state index contributed by atoms with van der Waals surface area (Å²) in [6.45, 7) is 19.5. The second kappa shape index (κ2) is 24.4. The molecule has 3 N–H and O–H groups in total. The van der Waals surface area contributed by atoms with Crippen LogP contribution < -0.4 is 5.32 Å². The van der Waals surface area contributed by atoms with E-state index >= 15 is 8.78 Å². The number of hydrogen-bond donors (Lipinski definition) is 3. The number of amides is 4. The standard InChI is InChI=1S/C58H78F2N6O12/c1-15-34(23-49(69)30(3)64(13)55(73)77-57(7,8)9)52(70)43-28-39(75-32(5)67)21-35(43)22-44-41-19-17-36(59)24-47(41)61-50(44)51-45(42-20-18-37(60)25-48(42)62-51)27-38-26-40(76-33(6)68)29-66(38)54(72)46(16-2)63-53(71)31(4)65(14)56(74)78-58(10,11)12/h17-20,24-25,30-31,34-35,38-40,43,46,61-62H,15-16,21-23,26-29H2,1-14H3,(H,63,71)/t30-,31-,34+,35?,38-,39-,40-,43?,46-/m0/s1. The second-order valence-electron chi connectivity index (χ2n) is 23.1. The molecule has 2 unspecified atom stereocenters. The zero-order valence-corrected chi connectivity index (χ0v) is 47.5. The summed E-state index contributed by atoms with van der Waals surface area (Å²) in [5.74, 6) is -5.57. The first-order chi connectivity index (χ1) is 36.4. The molecular formula is C58H78F2N6O12. The second-order valence-corrected chi connectivity index (χ2v) is 23.1. The Hall–Kier alpha value is -6.86. The highest BCUT2D eigenvalue weighted by Crippen LogP contribution is 2.44. The molecule has 426 valence electrons. The Labute approximate surface area is 454 Å². The molecule has 78 heavy (non-hydrogen) atoms. The van der Waals surface area contributed by atoms with Crippen molar-refractivity contribution < 1.29 is 66.1 Å². The Kier molecular flexibility index (Phi) is 18.9. The van der Waals surface area contributed by atoms with Crippen molar-refractivity contribution in [1.29, 1.82) is 0 Å². The van der Waals surface area contributed by atoms with Gasteiger partial charge in [0.1, 0.15) is 52.9 Å². The fraction of sp³-hybridized carbons (Fsp3) is 0.586. The Morgan fingerprint density at radius 1 is 0.705 bits per heavy atom. The molecule has 9 atom stereocenters. The molecule has 0 bridgehead atoms. The summed E-state index contributed by atoms with van der Waals surface area (Å²) >= 11 is 0. The van der Waals surface area contributed by atoms with Crippen molar-refractivity contribution in [1.82, 2.24) is 30.0 Å². The van der Waals surface area contributed by atoms with Crippen LogP contribution in [0.25, 0.3) is 33.2 Å². The van der Waals surface area contributed by atoms with E-state index in [2.05, 4.69) is 15.3 Å². The van der Waals surface area contributed by atoms with Crippen LogP contribution in [0.2, 0.25) is 0 Å². The highest BCUT2D eigenvalue weighted by atomic mass is 19.1. The van der Waals surface area contributed by atoms with Gasteiger partial charge in [-0.3, -0.25) is 33.7 Å². The number of Topliss-reactive ketones (excluding diaryl/α,β-unsaturated/α-hetero) is 2. The van der Waals surface area contributed by atoms with Crippen LogP contribution in [0.4, 0.5) is 18.4 Å². The number of likely N-dealkylation sites (tertiary alicyclic amines) is 1. The van der Waals surface area contributed by atoms with E-state index in [4.69, 9.17) is 18.9 Å². The van der Waals surface area contributed by atoms with E-state index in [0.717, 1.165) is 4.90 Å². The Morgan fingerprint density at radius 2 is 1.21 bits per heavy atom. The number of ether oxygens (including phenoxy) is 4. The molecule has 18 nitrogen and oxygen atoms in total. The predicted octanol–water partition coefficient (Wildman–Crippen LogP) is 9.13. The number of rotatable bonds is 19. The molecule has 1 aliphatic heterocycles. The van der Waals surface area contributed by atoms with Crippen molar-refractivity contribution in [3.8, 4) is 11.4 Å². The van der Waals surface area contributed by atoms with Gasteiger partial charge in [-0.1, -0.05) is 13.8 Å². The van der Waals surface area contributed by atoms with E-state index in [-0.39, 0.29) is 63.1 Å². The Morgan fingerprint density at radius 3 is 1.69 bits per heavy atom. The molecule has 1 saturated carbocycles. The molecule has 2 aliphatic rings. The number of hydrogen-bond acceptors (Lipinski definition) is 12. The molecule has 1 saturated heterocycles. The van der Waals surface area contributed by atoms with E-state index in [1.165, 1.54) is 64.0 Å². The topological polar surface area (TPSA) is 227 Å². The van der Waals surface area contributed by atoms with Crippen LogP contribution in [0.1, 0.15) is 133 Å². The first-order valence-corrected chi connectivity index (χ1v) is 26.9. The predicted molar refractivity (Wildman–Crippen MR) is 288 cm³/mol. The van der Waals surface area contributed by atoms with Gasteiger partial charge in [-0.05, 0) is 147 Å². The minimum Gasteiger partial charge on any atom is -0.463 e. The molecular weight excluding hydrogens is 1010 g/mol. The average Bonchev–Trinajstić information content (AvgIpc) is 4.21. The number of halogens is 2. The van der Waals surface area contributed by atoms with E-state index in [9.17, 15) is 38.4 Å². The van der Waals surface area contributed by atoms with Gasteiger partial charge < -0.3 is 44.0 Å². The van der Waals surface area contributed by atoms with Gasteiger partial charge in [-0.2, -0.15) is 0 Å². The van der Waals surface area contributed by atoms with Crippen molar-refractivity contribution >= 4 is 69.3 Å². The number of esters is 2. The molecule has 0 radical (unpaired) electrons. The summed E-state index contributed by atoms with van der Waals surface area (Å²) in [7, 11) is 2.90. The SMILES string of the molecule is CC[C@H](CC(=O)[C@H](C)N(C)C(=O)OC(C)(C)C)C(=O)C1C[C@@H](OC(C)=O)CC1Cc1c(-c2[nH]c3cc(F)ccc3c2C[C@@H]2C[C@H](OC(C)=O)CN2C(=O)[C@H](CC)NC(=O)[C@H](C)N(C)C(=O)OC(C)(C)C)[nH]c2cc(F)ccc12. The lowest BCUT2D eigenvalue weighted by Gasteiger charge is -2.31. The lowest BCUT2D eigenvalue weighted by atomic mass is 9.79. The highest BCUT2D eigenvalue weighted by molar-refractivity contribution is 5.97. The van der Waals surface area contributed by atoms with E-state index in [1.807, 2.05) is 6.92 Å². The van der Waals surface area contributed by atoms with Gasteiger partial charge in [0.05, 0.1) is 24.0 Å². The van der Waals surface area contributed by atoms with Crippen LogP contribution in [0, 0.1) is 29.4 Å². The minimum absolute atomic E-state index is 0.00362. The van der Waals surface area contributed by atoms with Gasteiger partial charge >= 0.3 is 24.1 Å². The minimum atomic E-state index is -1.05. The maximum Gasteiger partial charge on any atom is 0.410 e. The van der Waals surface area contributed by atoms with E-state index in [1.54, 1.807) is 72.4 Å². The van der Waals surface area contributed by atoms with Crippen LogP contribution in [0.15, 0.2) is 36.4 Å². The van der Waals surface area contributed by atoms with Crippen LogP contribution in [-0.4, -0.2) is 140 Å². The highest BCUT2D eigenvalue weighted by Gasteiger charge is 2.45. The number of fused-ring (bicyclic) bond motifs is 2. The molecule has 6 rings (SSSR count). The van der Waals surface area contributed by atoms with Gasteiger partial charge in [0, 0.05) is 80.5 Å². The molecule has 2 fully saturated rings. The Balaban J connectivity index is 1.38.